The van der Waals surface area contributed by atoms with E-state index in [1.165, 1.54) is 6.07 Å². The van der Waals surface area contributed by atoms with E-state index in [1.54, 1.807) is 43.3 Å². The molecule has 2 aromatic carbocycles. The SMILES string of the molecule is CCC(=O)Nc1cccc(NC(=O)c2ccc(N3CCC(C)CC3)c([N+](=O)[O-])c2)c1. The van der Waals surface area contributed by atoms with Crippen molar-refractivity contribution in [2.45, 2.75) is 33.1 Å². The first kappa shape index (κ1) is 21.3. The van der Waals surface area contributed by atoms with Gasteiger partial charge in [-0.15, -0.1) is 0 Å². The van der Waals surface area contributed by atoms with Crippen LogP contribution in [0.2, 0.25) is 0 Å². The third-order valence-electron chi connectivity index (χ3n) is 5.28. The molecule has 158 valence electrons. The topological polar surface area (TPSA) is 105 Å². The fourth-order valence-corrected chi connectivity index (χ4v) is 3.46. The van der Waals surface area contributed by atoms with E-state index in [0.717, 1.165) is 25.9 Å². The van der Waals surface area contributed by atoms with Crippen LogP contribution in [0.15, 0.2) is 42.5 Å². The van der Waals surface area contributed by atoms with Crippen molar-refractivity contribution in [3.05, 3.63) is 58.1 Å². The van der Waals surface area contributed by atoms with E-state index in [1.807, 2.05) is 4.90 Å². The van der Waals surface area contributed by atoms with Gasteiger partial charge < -0.3 is 15.5 Å². The minimum Gasteiger partial charge on any atom is -0.366 e. The van der Waals surface area contributed by atoms with Crippen molar-refractivity contribution in [1.29, 1.82) is 0 Å². The molecular formula is C22H26N4O4. The zero-order chi connectivity index (χ0) is 21.7. The first-order valence-corrected chi connectivity index (χ1v) is 10.1. The van der Waals surface area contributed by atoms with Crippen molar-refractivity contribution in [1.82, 2.24) is 0 Å². The van der Waals surface area contributed by atoms with Gasteiger partial charge in [-0.3, -0.25) is 19.7 Å². The Morgan fingerprint density at radius 3 is 2.40 bits per heavy atom. The molecule has 0 spiro atoms. The maximum Gasteiger partial charge on any atom is 0.293 e. The predicted molar refractivity (Wildman–Crippen MR) is 117 cm³/mol. The summed E-state index contributed by atoms with van der Waals surface area (Å²) in [5, 5.41) is 17.1. The number of nitrogens with one attached hydrogen (secondary N) is 2. The normalized spacial score (nSPS) is 14.3. The number of hydrogen-bond acceptors (Lipinski definition) is 5. The second kappa shape index (κ2) is 9.39. The summed E-state index contributed by atoms with van der Waals surface area (Å²) in [5.74, 6) is 0.0379. The molecule has 0 bridgehead atoms. The van der Waals surface area contributed by atoms with Crippen molar-refractivity contribution in [3.8, 4) is 0 Å². The van der Waals surface area contributed by atoms with Gasteiger partial charge in [0, 0.05) is 42.5 Å². The zero-order valence-corrected chi connectivity index (χ0v) is 17.2. The molecule has 0 aromatic heterocycles. The summed E-state index contributed by atoms with van der Waals surface area (Å²) in [7, 11) is 0. The van der Waals surface area contributed by atoms with Crippen LogP contribution >= 0.6 is 0 Å². The number of piperidine rings is 1. The Morgan fingerprint density at radius 1 is 1.10 bits per heavy atom. The average molecular weight is 410 g/mol. The molecule has 0 unspecified atom stereocenters. The van der Waals surface area contributed by atoms with Gasteiger partial charge in [0.1, 0.15) is 5.69 Å². The van der Waals surface area contributed by atoms with Gasteiger partial charge in [0.15, 0.2) is 0 Å². The van der Waals surface area contributed by atoms with Crippen molar-refractivity contribution in [3.63, 3.8) is 0 Å². The van der Waals surface area contributed by atoms with Crippen LogP contribution < -0.4 is 15.5 Å². The molecule has 30 heavy (non-hydrogen) atoms. The predicted octanol–water partition coefficient (Wildman–Crippen LogP) is 4.43. The van der Waals surface area contributed by atoms with Crippen molar-refractivity contribution < 1.29 is 14.5 Å². The molecule has 2 amide bonds. The highest BCUT2D eigenvalue weighted by Crippen LogP contribution is 2.32. The molecule has 0 aliphatic carbocycles. The van der Waals surface area contributed by atoms with Crippen LogP contribution in [-0.4, -0.2) is 29.8 Å². The Balaban J connectivity index is 1.78. The Hall–Kier alpha value is -3.42. The summed E-state index contributed by atoms with van der Waals surface area (Å²) in [6, 6.07) is 11.4. The van der Waals surface area contributed by atoms with Crippen LogP contribution in [0.1, 0.15) is 43.5 Å². The average Bonchev–Trinajstić information content (AvgIpc) is 2.74. The molecule has 8 nitrogen and oxygen atoms in total. The van der Waals surface area contributed by atoms with Crippen LogP contribution in [0.5, 0.6) is 0 Å². The first-order valence-electron chi connectivity index (χ1n) is 10.1. The Morgan fingerprint density at radius 2 is 1.77 bits per heavy atom. The lowest BCUT2D eigenvalue weighted by Crippen LogP contribution is -2.33. The lowest BCUT2D eigenvalue weighted by Gasteiger charge is -2.31. The lowest BCUT2D eigenvalue weighted by atomic mass is 9.98. The molecule has 0 radical (unpaired) electrons. The number of nitro groups is 1. The van der Waals surface area contributed by atoms with E-state index < -0.39 is 10.8 Å². The number of nitrogens with zero attached hydrogens (tertiary/aromatic N) is 2. The molecule has 8 heteroatoms. The number of rotatable bonds is 6. The van der Waals surface area contributed by atoms with Crippen LogP contribution in [0, 0.1) is 16.0 Å². The van der Waals surface area contributed by atoms with Gasteiger partial charge in [-0.05, 0) is 49.1 Å². The lowest BCUT2D eigenvalue weighted by molar-refractivity contribution is -0.384. The molecule has 1 saturated heterocycles. The first-order chi connectivity index (χ1) is 14.4. The summed E-state index contributed by atoms with van der Waals surface area (Å²) in [5.41, 5.74) is 1.75. The minimum absolute atomic E-state index is 0.0684. The molecule has 1 aliphatic rings. The monoisotopic (exact) mass is 410 g/mol. The molecular weight excluding hydrogens is 384 g/mol. The number of anilines is 3. The summed E-state index contributed by atoms with van der Waals surface area (Å²) < 4.78 is 0. The van der Waals surface area contributed by atoms with Crippen LogP contribution in [0.3, 0.4) is 0 Å². The Labute approximate surface area is 175 Å². The fourth-order valence-electron chi connectivity index (χ4n) is 3.46. The molecule has 2 N–H and O–H groups in total. The Bertz CT molecular complexity index is 952. The van der Waals surface area contributed by atoms with E-state index in [9.17, 15) is 19.7 Å². The Kier molecular flexibility index (Phi) is 6.66. The largest absolute Gasteiger partial charge is 0.366 e. The quantitative estimate of drug-likeness (QED) is 0.541. The van der Waals surface area contributed by atoms with E-state index in [0.29, 0.717) is 29.4 Å². The summed E-state index contributed by atoms with van der Waals surface area (Å²) >= 11 is 0. The van der Waals surface area contributed by atoms with Crippen LogP contribution in [0.25, 0.3) is 0 Å². The second-order valence-corrected chi connectivity index (χ2v) is 7.57. The van der Waals surface area contributed by atoms with Crippen molar-refractivity contribution in [2.24, 2.45) is 5.92 Å². The number of benzene rings is 2. The molecule has 1 heterocycles. The highest BCUT2D eigenvalue weighted by atomic mass is 16.6. The highest BCUT2D eigenvalue weighted by molar-refractivity contribution is 6.05. The number of carbonyl (C=O) groups excluding carboxylic acids is 2. The van der Waals surface area contributed by atoms with Gasteiger partial charge in [0.05, 0.1) is 4.92 Å². The molecule has 2 aromatic rings. The van der Waals surface area contributed by atoms with Gasteiger partial charge in [-0.25, -0.2) is 0 Å². The maximum absolute atomic E-state index is 12.7. The number of carbonyl (C=O) groups is 2. The second-order valence-electron chi connectivity index (χ2n) is 7.57. The highest BCUT2D eigenvalue weighted by Gasteiger charge is 2.24. The molecule has 1 fully saturated rings. The van der Waals surface area contributed by atoms with Crippen LogP contribution in [-0.2, 0) is 4.79 Å². The van der Waals surface area contributed by atoms with Gasteiger partial charge in [-0.2, -0.15) is 0 Å². The van der Waals surface area contributed by atoms with Crippen LogP contribution in [0.4, 0.5) is 22.7 Å². The summed E-state index contributed by atoms with van der Waals surface area (Å²) in [6.07, 6.45) is 2.33. The molecule has 0 saturated carbocycles. The molecule has 0 atom stereocenters. The van der Waals surface area contributed by atoms with E-state index in [2.05, 4.69) is 17.6 Å². The molecule has 1 aliphatic heterocycles. The van der Waals surface area contributed by atoms with E-state index >= 15 is 0 Å². The van der Waals surface area contributed by atoms with Crippen molar-refractivity contribution in [2.75, 3.05) is 28.6 Å². The van der Waals surface area contributed by atoms with Gasteiger partial charge in [0.25, 0.3) is 11.6 Å². The third kappa shape index (κ3) is 5.14. The van der Waals surface area contributed by atoms with E-state index in [-0.39, 0.29) is 17.2 Å². The smallest absolute Gasteiger partial charge is 0.293 e. The number of amides is 2. The summed E-state index contributed by atoms with van der Waals surface area (Å²) in [4.78, 5) is 37.4. The van der Waals surface area contributed by atoms with E-state index in [4.69, 9.17) is 0 Å². The number of nitro benzene ring substituents is 1. The van der Waals surface area contributed by atoms with Gasteiger partial charge in [0.2, 0.25) is 5.91 Å². The third-order valence-corrected chi connectivity index (χ3v) is 5.28. The standard InChI is InChI=1S/C22H26N4O4/c1-3-21(27)23-17-5-4-6-18(14-17)24-22(28)16-7-8-19(20(13-16)26(29)30)25-11-9-15(2)10-12-25/h4-8,13-15H,3,9-12H2,1-2H3,(H,23,27)(H,24,28). The van der Waals surface area contributed by atoms with Gasteiger partial charge >= 0.3 is 0 Å². The molecule has 3 rings (SSSR count). The summed E-state index contributed by atoms with van der Waals surface area (Å²) in [6.45, 7) is 5.47. The maximum atomic E-state index is 12.7. The zero-order valence-electron chi connectivity index (χ0n) is 17.2. The fraction of sp³-hybridized carbons (Fsp3) is 0.364. The van der Waals surface area contributed by atoms with Gasteiger partial charge in [-0.1, -0.05) is 19.9 Å². The van der Waals surface area contributed by atoms with Crippen molar-refractivity contribution >= 4 is 34.6 Å². The number of hydrogen-bond donors (Lipinski definition) is 2. The minimum atomic E-state index is -0.448.